The number of nitrogens with zero attached hydrogens (tertiary/aromatic N) is 1. The Morgan fingerprint density at radius 2 is 1.90 bits per heavy atom. The molecule has 2 amide bonds. The lowest BCUT2D eigenvalue weighted by molar-refractivity contribution is -0.133. The summed E-state index contributed by atoms with van der Waals surface area (Å²) in [4.78, 5) is 23.7. The van der Waals surface area contributed by atoms with Gasteiger partial charge >= 0.3 is 0 Å². The number of primary amides is 1. The topological polar surface area (TPSA) is 124 Å². The highest BCUT2D eigenvalue weighted by Gasteiger charge is 2.28. The second-order valence-electron chi connectivity index (χ2n) is 6.25. The number of nitrogens with one attached hydrogen (secondary N) is 1. The van der Waals surface area contributed by atoms with Crippen molar-refractivity contribution in [3.63, 3.8) is 0 Å². The smallest absolute Gasteiger partial charge is 0.255 e. The number of amides is 2. The number of methoxy groups -OCH3 is 1. The maximum Gasteiger partial charge on any atom is 0.255 e. The molecule has 0 heterocycles. The summed E-state index contributed by atoms with van der Waals surface area (Å²) in [5.41, 5.74) is 5.21. The highest BCUT2D eigenvalue weighted by Crippen LogP contribution is 2.28. The number of benzene rings is 2. The molecule has 0 aliphatic heterocycles. The zero-order valence-corrected chi connectivity index (χ0v) is 16.9. The largest absolute Gasteiger partial charge is 0.497 e. The number of ether oxygens (including phenoxy) is 3. The molecule has 0 saturated heterocycles. The Labute approximate surface area is 177 Å². The monoisotopic (exact) mass is 433 g/mol. The third-order valence-electron chi connectivity index (χ3n) is 4.14. The molecule has 31 heavy (non-hydrogen) atoms. The van der Waals surface area contributed by atoms with E-state index in [4.69, 9.17) is 25.2 Å². The zero-order valence-electron chi connectivity index (χ0n) is 16.9. The minimum atomic E-state index is -1.55. The van der Waals surface area contributed by atoms with Crippen molar-refractivity contribution < 1.29 is 32.6 Å². The quantitative estimate of drug-likeness (QED) is 0.591. The van der Waals surface area contributed by atoms with Crippen LogP contribution in [0.5, 0.6) is 11.5 Å². The number of rotatable bonds is 10. The SMILES string of the molecule is CCO[C@H](C(=O)NCc1ccc(C#N)cc1OCC(N)=O)c1c(F)cc(OC)cc1F. The van der Waals surface area contributed by atoms with E-state index in [9.17, 15) is 18.4 Å². The Morgan fingerprint density at radius 3 is 2.45 bits per heavy atom. The number of carbonyl (C=O) groups excluding carboxylic acids is 2. The van der Waals surface area contributed by atoms with Crippen molar-refractivity contribution in [3.8, 4) is 17.6 Å². The van der Waals surface area contributed by atoms with Crippen LogP contribution in [-0.2, 0) is 20.9 Å². The Balaban J connectivity index is 2.25. The van der Waals surface area contributed by atoms with Crippen LogP contribution in [0.2, 0.25) is 0 Å². The molecule has 8 nitrogen and oxygen atoms in total. The first kappa shape index (κ1) is 23.6. The molecule has 0 spiro atoms. The van der Waals surface area contributed by atoms with Crippen molar-refractivity contribution in [3.05, 3.63) is 58.7 Å². The summed E-state index contributed by atoms with van der Waals surface area (Å²) in [5, 5.41) is 11.6. The van der Waals surface area contributed by atoms with Gasteiger partial charge in [-0.25, -0.2) is 8.78 Å². The molecule has 2 aromatic carbocycles. The van der Waals surface area contributed by atoms with E-state index in [0.717, 1.165) is 12.1 Å². The van der Waals surface area contributed by atoms with Gasteiger partial charge in [-0.2, -0.15) is 5.26 Å². The van der Waals surface area contributed by atoms with Gasteiger partial charge in [-0.05, 0) is 19.1 Å². The summed E-state index contributed by atoms with van der Waals surface area (Å²) in [6.07, 6.45) is -1.55. The van der Waals surface area contributed by atoms with Crippen molar-refractivity contribution in [1.29, 1.82) is 5.26 Å². The minimum Gasteiger partial charge on any atom is -0.497 e. The van der Waals surface area contributed by atoms with E-state index in [0.29, 0.717) is 5.56 Å². The molecule has 2 rings (SSSR count). The Kier molecular flexibility index (Phi) is 8.28. The predicted molar refractivity (Wildman–Crippen MR) is 105 cm³/mol. The van der Waals surface area contributed by atoms with Gasteiger partial charge in [0.1, 0.15) is 23.1 Å². The van der Waals surface area contributed by atoms with Gasteiger partial charge < -0.3 is 25.3 Å². The molecular weight excluding hydrogens is 412 g/mol. The van der Waals surface area contributed by atoms with Crippen LogP contribution in [0, 0.1) is 23.0 Å². The minimum absolute atomic E-state index is 0.0207. The third-order valence-corrected chi connectivity index (χ3v) is 4.14. The third kappa shape index (κ3) is 6.13. The number of hydrogen-bond acceptors (Lipinski definition) is 6. The molecule has 0 radical (unpaired) electrons. The Morgan fingerprint density at radius 1 is 1.23 bits per heavy atom. The van der Waals surface area contributed by atoms with Crippen LogP contribution in [0.15, 0.2) is 30.3 Å². The Hall–Kier alpha value is -3.71. The van der Waals surface area contributed by atoms with Crippen LogP contribution in [0.4, 0.5) is 8.78 Å². The second-order valence-corrected chi connectivity index (χ2v) is 6.25. The normalized spacial score (nSPS) is 11.3. The van der Waals surface area contributed by atoms with Crippen molar-refractivity contribution in [1.82, 2.24) is 5.32 Å². The number of halogens is 2. The number of hydrogen-bond donors (Lipinski definition) is 2. The Bertz CT molecular complexity index is 984. The van der Waals surface area contributed by atoms with E-state index in [1.165, 1.54) is 25.3 Å². The summed E-state index contributed by atoms with van der Waals surface area (Å²) in [6, 6.07) is 8.22. The first-order valence-electron chi connectivity index (χ1n) is 9.17. The second kappa shape index (κ2) is 10.9. The summed E-state index contributed by atoms with van der Waals surface area (Å²) in [6.45, 7) is 1.05. The van der Waals surface area contributed by atoms with Crippen LogP contribution in [0.25, 0.3) is 0 Å². The summed E-state index contributed by atoms with van der Waals surface area (Å²) in [7, 11) is 1.26. The average Bonchev–Trinajstić information content (AvgIpc) is 2.74. The van der Waals surface area contributed by atoms with Crippen LogP contribution in [0.3, 0.4) is 0 Å². The molecule has 10 heteroatoms. The van der Waals surface area contributed by atoms with Crippen molar-refractivity contribution in [2.45, 2.75) is 19.6 Å². The van der Waals surface area contributed by atoms with Crippen molar-refractivity contribution in [2.75, 3.05) is 20.3 Å². The molecule has 2 aromatic rings. The van der Waals surface area contributed by atoms with Gasteiger partial charge in [0.15, 0.2) is 12.7 Å². The number of carbonyl (C=O) groups is 2. The summed E-state index contributed by atoms with van der Waals surface area (Å²) < 4.78 is 44.3. The standard InChI is InChI=1S/C21H21F2N3O5/c1-3-30-20(19-15(22)7-14(29-2)8-16(19)23)21(28)26-10-13-5-4-12(9-24)6-17(13)31-11-18(25)27/h4-8,20H,3,10-11H2,1-2H3,(H2,25,27)(H,26,28)/t20-/m0/s1. The zero-order chi connectivity index (χ0) is 23.0. The molecule has 164 valence electrons. The van der Waals surface area contributed by atoms with E-state index >= 15 is 0 Å². The molecule has 0 aromatic heterocycles. The molecule has 1 atom stereocenters. The van der Waals surface area contributed by atoms with Crippen molar-refractivity contribution in [2.24, 2.45) is 5.73 Å². The lowest BCUT2D eigenvalue weighted by Crippen LogP contribution is -2.32. The summed E-state index contributed by atoms with van der Waals surface area (Å²) >= 11 is 0. The van der Waals surface area contributed by atoms with E-state index < -0.39 is 41.7 Å². The molecular formula is C21H21F2N3O5. The van der Waals surface area contributed by atoms with Gasteiger partial charge in [0.2, 0.25) is 0 Å². The van der Waals surface area contributed by atoms with Gasteiger partial charge in [0.25, 0.3) is 11.8 Å². The van der Waals surface area contributed by atoms with Gasteiger partial charge in [-0.15, -0.1) is 0 Å². The van der Waals surface area contributed by atoms with Gasteiger partial charge in [0.05, 0.1) is 24.3 Å². The van der Waals surface area contributed by atoms with Crippen LogP contribution in [0.1, 0.15) is 29.7 Å². The number of nitrogens with two attached hydrogens (primary N) is 1. The molecule has 0 saturated carbocycles. The predicted octanol–water partition coefficient (Wildman–Crippen LogP) is 2.10. The molecule has 0 aliphatic rings. The first-order valence-corrected chi connectivity index (χ1v) is 9.17. The van der Waals surface area contributed by atoms with Gasteiger partial charge in [-0.3, -0.25) is 9.59 Å². The summed E-state index contributed by atoms with van der Waals surface area (Å²) in [5.74, 6) is -3.38. The van der Waals surface area contributed by atoms with Gasteiger partial charge in [0, 0.05) is 30.8 Å². The van der Waals surface area contributed by atoms with E-state index in [1.807, 2.05) is 6.07 Å². The van der Waals surface area contributed by atoms with Crippen LogP contribution in [-0.4, -0.2) is 32.1 Å². The molecule has 0 unspecified atom stereocenters. The molecule has 0 bridgehead atoms. The first-order chi connectivity index (χ1) is 14.8. The molecule has 3 N–H and O–H groups in total. The maximum atomic E-state index is 14.4. The highest BCUT2D eigenvalue weighted by atomic mass is 19.1. The fraction of sp³-hybridized carbons (Fsp3) is 0.286. The molecule has 0 aliphatic carbocycles. The van der Waals surface area contributed by atoms with E-state index in [-0.39, 0.29) is 30.2 Å². The lowest BCUT2D eigenvalue weighted by Gasteiger charge is -2.19. The van der Waals surface area contributed by atoms with Crippen LogP contribution >= 0.6 is 0 Å². The van der Waals surface area contributed by atoms with Gasteiger partial charge in [-0.1, -0.05) is 6.07 Å². The van der Waals surface area contributed by atoms with E-state index in [2.05, 4.69) is 5.32 Å². The maximum absolute atomic E-state index is 14.4. The van der Waals surface area contributed by atoms with Crippen molar-refractivity contribution >= 4 is 11.8 Å². The fourth-order valence-electron chi connectivity index (χ4n) is 2.71. The fourth-order valence-corrected chi connectivity index (χ4v) is 2.71. The molecule has 0 fully saturated rings. The average molecular weight is 433 g/mol. The number of nitriles is 1. The van der Waals surface area contributed by atoms with E-state index in [1.54, 1.807) is 6.92 Å². The lowest BCUT2D eigenvalue weighted by atomic mass is 10.1. The highest BCUT2D eigenvalue weighted by molar-refractivity contribution is 5.82. The van der Waals surface area contributed by atoms with Crippen LogP contribution < -0.4 is 20.5 Å².